The molecule has 62 heavy (non-hydrogen) atoms. The summed E-state index contributed by atoms with van der Waals surface area (Å²) in [6.07, 6.45) is 0. The molecular weight excluding hydrogens is 789 g/mol. The molecule has 0 saturated carbocycles. The Kier molecular flexibility index (Phi) is 7.99. The van der Waals surface area contributed by atoms with Crippen molar-refractivity contribution in [2.24, 2.45) is 0 Å². The SMILES string of the molecule is c1ccc(-c2cccc3c2sc2cc(N(c4ccc(-c5ccc6c7ccc8ccccc8c7n(-c7ccccc7)c6c5)cc4)c4ccc5c(c4)sc4ccccc45)ccc23)cc1. The second-order valence-electron chi connectivity index (χ2n) is 16.1. The van der Waals surface area contributed by atoms with Crippen LogP contribution >= 0.6 is 22.7 Å². The summed E-state index contributed by atoms with van der Waals surface area (Å²) < 4.78 is 7.65. The maximum Gasteiger partial charge on any atom is 0.0619 e. The number of hydrogen-bond donors (Lipinski definition) is 0. The van der Waals surface area contributed by atoms with Crippen molar-refractivity contribution in [1.82, 2.24) is 4.57 Å². The first kappa shape index (κ1) is 35.3. The van der Waals surface area contributed by atoms with Gasteiger partial charge >= 0.3 is 0 Å². The molecule has 0 atom stereocenters. The first-order valence-electron chi connectivity index (χ1n) is 21.1. The lowest BCUT2D eigenvalue weighted by Crippen LogP contribution is -2.09. The van der Waals surface area contributed by atoms with Gasteiger partial charge in [-0.3, -0.25) is 0 Å². The molecule has 13 rings (SSSR count). The quantitative estimate of drug-likeness (QED) is 0.162. The molecular formula is C58H36N2S2. The summed E-state index contributed by atoms with van der Waals surface area (Å²) in [5.74, 6) is 0. The Morgan fingerprint density at radius 2 is 0.935 bits per heavy atom. The van der Waals surface area contributed by atoms with Crippen LogP contribution in [0.2, 0.25) is 0 Å². The van der Waals surface area contributed by atoms with E-state index in [1.54, 1.807) is 0 Å². The van der Waals surface area contributed by atoms with Gasteiger partial charge in [0.25, 0.3) is 0 Å². The predicted molar refractivity (Wildman–Crippen MR) is 270 cm³/mol. The summed E-state index contributed by atoms with van der Waals surface area (Å²) in [5.41, 5.74) is 11.9. The van der Waals surface area contributed by atoms with Gasteiger partial charge in [-0.15, -0.1) is 22.7 Å². The molecule has 290 valence electrons. The van der Waals surface area contributed by atoms with Crippen molar-refractivity contribution in [2.45, 2.75) is 0 Å². The lowest BCUT2D eigenvalue weighted by atomic mass is 10.0. The fourth-order valence-electron chi connectivity index (χ4n) is 9.68. The molecule has 10 aromatic carbocycles. The highest BCUT2D eigenvalue weighted by molar-refractivity contribution is 7.26. The van der Waals surface area contributed by atoms with E-state index in [-0.39, 0.29) is 0 Å². The number of aromatic nitrogens is 1. The molecule has 0 unspecified atom stereocenters. The van der Waals surface area contributed by atoms with Crippen LogP contribution in [0.25, 0.3) is 101 Å². The van der Waals surface area contributed by atoms with Crippen LogP contribution in [-0.4, -0.2) is 4.57 Å². The summed E-state index contributed by atoms with van der Waals surface area (Å²) in [6.45, 7) is 0. The molecule has 0 aliphatic carbocycles. The van der Waals surface area contributed by atoms with Gasteiger partial charge < -0.3 is 9.47 Å². The number of hydrogen-bond acceptors (Lipinski definition) is 3. The van der Waals surface area contributed by atoms with E-state index in [9.17, 15) is 0 Å². The molecule has 0 radical (unpaired) electrons. The van der Waals surface area contributed by atoms with E-state index in [4.69, 9.17) is 0 Å². The Balaban J connectivity index is 0.961. The van der Waals surface area contributed by atoms with Crippen LogP contribution in [0.3, 0.4) is 0 Å². The zero-order valence-corrected chi connectivity index (χ0v) is 35.1. The lowest BCUT2D eigenvalue weighted by Gasteiger charge is -2.26. The maximum atomic E-state index is 2.45. The molecule has 0 aliphatic heterocycles. The molecule has 0 fully saturated rings. The minimum Gasteiger partial charge on any atom is -0.310 e. The van der Waals surface area contributed by atoms with Crippen molar-refractivity contribution in [3.63, 3.8) is 0 Å². The summed E-state index contributed by atoms with van der Waals surface area (Å²) in [7, 11) is 0. The third-order valence-electron chi connectivity index (χ3n) is 12.6. The van der Waals surface area contributed by atoms with Gasteiger partial charge in [-0.2, -0.15) is 0 Å². The Bertz CT molecular complexity index is 3860. The Labute approximate surface area is 366 Å². The summed E-state index contributed by atoms with van der Waals surface area (Å²) in [4.78, 5) is 2.43. The molecule has 0 amide bonds. The molecule has 0 saturated heterocycles. The largest absolute Gasteiger partial charge is 0.310 e. The smallest absolute Gasteiger partial charge is 0.0619 e. The standard InChI is InChI=1S/C58H36N2S2/c1-3-12-38(13-4-1)46-19-11-20-52-50-33-29-44(36-56(50)62-58(46)52)59(43-28-32-49-48-18-9-10-21-54(48)61-55(49)35-43)42-26-22-37(23-27-42)40-25-30-47-51-31-24-39-14-7-8-17-45(39)57(51)60(53(47)34-40)41-15-5-2-6-16-41/h1-36H. The Hall–Kier alpha value is -7.50. The van der Waals surface area contributed by atoms with Crippen molar-refractivity contribution in [3.8, 4) is 27.9 Å². The summed E-state index contributed by atoms with van der Waals surface area (Å²) in [6, 6.07) is 80.4. The average Bonchev–Trinajstić information content (AvgIpc) is 4.01. The van der Waals surface area contributed by atoms with Gasteiger partial charge in [0, 0.05) is 79.3 Å². The number of para-hydroxylation sites is 1. The highest BCUT2D eigenvalue weighted by atomic mass is 32.1. The van der Waals surface area contributed by atoms with Crippen LogP contribution in [0, 0.1) is 0 Å². The van der Waals surface area contributed by atoms with Crippen molar-refractivity contribution in [3.05, 3.63) is 218 Å². The normalized spacial score (nSPS) is 11.9. The average molecular weight is 825 g/mol. The summed E-state index contributed by atoms with van der Waals surface area (Å²) >= 11 is 3.75. The lowest BCUT2D eigenvalue weighted by molar-refractivity contribution is 1.19. The van der Waals surface area contributed by atoms with Crippen LogP contribution in [0.1, 0.15) is 0 Å². The van der Waals surface area contributed by atoms with Crippen molar-refractivity contribution in [1.29, 1.82) is 0 Å². The molecule has 0 aliphatic rings. The third kappa shape index (κ3) is 5.54. The molecule has 2 nitrogen and oxygen atoms in total. The number of benzene rings is 10. The van der Waals surface area contributed by atoms with Crippen LogP contribution in [0.15, 0.2) is 218 Å². The fourth-order valence-corrected chi connectivity index (χ4v) is 12.1. The van der Waals surface area contributed by atoms with Gasteiger partial charge in [0.05, 0.1) is 11.0 Å². The van der Waals surface area contributed by atoms with E-state index in [0.717, 1.165) is 22.7 Å². The van der Waals surface area contributed by atoms with E-state index in [1.165, 1.54) is 95.2 Å². The topological polar surface area (TPSA) is 8.17 Å². The number of rotatable bonds is 6. The second-order valence-corrected chi connectivity index (χ2v) is 18.2. The molecule has 0 spiro atoms. The zero-order chi connectivity index (χ0) is 40.7. The summed E-state index contributed by atoms with van der Waals surface area (Å²) in [5, 5.41) is 10.2. The molecule has 3 heterocycles. The monoisotopic (exact) mass is 824 g/mol. The number of anilines is 3. The van der Waals surface area contributed by atoms with Gasteiger partial charge in [0.2, 0.25) is 0 Å². The molecule has 3 aromatic heterocycles. The number of nitrogens with zero attached hydrogens (tertiary/aromatic N) is 2. The van der Waals surface area contributed by atoms with Crippen LogP contribution in [-0.2, 0) is 0 Å². The molecule has 0 N–H and O–H groups in total. The van der Waals surface area contributed by atoms with E-state index < -0.39 is 0 Å². The van der Waals surface area contributed by atoms with E-state index in [2.05, 4.69) is 228 Å². The van der Waals surface area contributed by atoms with Gasteiger partial charge in [0.15, 0.2) is 0 Å². The molecule has 13 aromatic rings. The first-order chi connectivity index (χ1) is 30.7. The first-order valence-corrected chi connectivity index (χ1v) is 22.7. The van der Waals surface area contributed by atoms with Gasteiger partial charge in [-0.1, -0.05) is 158 Å². The highest BCUT2D eigenvalue weighted by Gasteiger charge is 2.19. The zero-order valence-electron chi connectivity index (χ0n) is 33.5. The minimum absolute atomic E-state index is 1.12. The minimum atomic E-state index is 1.12. The van der Waals surface area contributed by atoms with Crippen LogP contribution in [0.4, 0.5) is 17.1 Å². The van der Waals surface area contributed by atoms with Crippen LogP contribution < -0.4 is 4.90 Å². The predicted octanol–water partition coefficient (Wildman–Crippen LogP) is 17.5. The van der Waals surface area contributed by atoms with Crippen molar-refractivity contribution < 1.29 is 0 Å². The second kappa shape index (κ2) is 14.0. The van der Waals surface area contributed by atoms with E-state index >= 15 is 0 Å². The van der Waals surface area contributed by atoms with Crippen molar-refractivity contribution in [2.75, 3.05) is 4.90 Å². The van der Waals surface area contributed by atoms with Gasteiger partial charge in [-0.25, -0.2) is 0 Å². The van der Waals surface area contributed by atoms with Gasteiger partial charge in [-0.05, 0) is 88.3 Å². The third-order valence-corrected chi connectivity index (χ3v) is 14.9. The van der Waals surface area contributed by atoms with Gasteiger partial charge in [0.1, 0.15) is 0 Å². The molecule has 0 bridgehead atoms. The Morgan fingerprint density at radius 3 is 1.74 bits per heavy atom. The Morgan fingerprint density at radius 1 is 0.339 bits per heavy atom. The van der Waals surface area contributed by atoms with Crippen molar-refractivity contribution >= 4 is 113 Å². The number of thiophene rings is 2. The maximum absolute atomic E-state index is 2.45. The molecule has 4 heteroatoms. The van der Waals surface area contributed by atoms with Crippen LogP contribution in [0.5, 0.6) is 0 Å². The fraction of sp³-hybridized carbons (Fsp3) is 0. The van der Waals surface area contributed by atoms with E-state index in [0.29, 0.717) is 0 Å². The number of fused-ring (bicyclic) bond motifs is 11. The van der Waals surface area contributed by atoms with E-state index in [1.807, 2.05) is 22.7 Å². The highest BCUT2D eigenvalue weighted by Crippen LogP contribution is 2.46.